The molecule has 0 spiro atoms. The fourth-order valence-electron chi connectivity index (χ4n) is 2.21. The van der Waals surface area contributed by atoms with Crippen LogP contribution in [0.15, 0.2) is 77.5 Å². The molecule has 3 rings (SSSR count). The van der Waals surface area contributed by atoms with E-state index in [4.69, 9.17) is 4.74 Å². The van der Waals surface area contributed by atoms with Crippen molar-refractivity contribution in [3.05, 3.63) is 94.2 Å². The zero-order valence-electron chi connectivity index (χ0n) is 13.9. The van der Waals surface area contributed by atoms with Crippen LogP contribution in [0.2, 0.25) is 0 Å². The van der Waals surface area contributed by atoms with Gasteiger partial charge in [-0.25, -0.2) is 4.79 Å². The summed E-state index contributed by atoms with van der Waals surface area (Å²) in [7, 11) is 0. The van der Waals surface area contributed by atoms with Crippen LogP contribution in [-0.4, -0.2) is 11.9 Å². The van der Waals surface area contributed by atoms with Gasteiger partial charge in [0.05, 0.1) is 0 Å². The minimum absolute atomic E-state index is 0.160. The summed E-state index contributed by atoms with van der Waals surface area (Å²) in [5.74, 6) is -0.583. The molecule has 4 nitrogen and oxygen atoms in total. The predicted molar refractivity (Wildman–Crippen MR) is 104 cm³/mol. The number of carbonyl (C=O) groups excluding carboxylic acids is 2. The van der Waals surface area contributed by atoms with Crippen LogP contribution < -0.4 is 5.32 Å². The topological polar surface area (TPSA) is 55.4 Å². The number of carbonyl (C=O) groups is 2. The first-order valence-electron chi connectivity index (χ1n) is 8.03. The van der Waals surface area contributed by atoms with E-state index in [-0.39, 0.29) is 12.5 Å². The molecule has 1 amide bonds. The molecular formula is C21H17NO3S. The quantitative estimate of drug-likeness (QED) is 0.508. The average Bonchev–Trinajstić information content (AvgIpc) is 3.19. The maximum atomic E-state index is 12.2. The maximum Gasteiger partial charge on any atom is 0.331 e. The number of nitrogens with one attached hydrogen (secondary N) is 1. The minimum atomic E-state index is -0.401. The highest BCUT2D eigenvalue weighted by molar-refractivity contribution is 7.08. The van der Waals surface area contributed by atoms with Crippen molar-refractivity contribution in [3.63, 3.8) is 0 Å². The number of para-hydroxylation sites is 1. The number of hydrogen-bond donors (Lipinski definition) is 1. The summed E-state index contributed by atoms with van der Waals surface area (Å²) in [4.78, 5) is 23.9. The molecule has 0 saturated carbocycles. The van der Waals surface area contributed by atoms with E-state index in [1.165, 1.54) is 6.08 Å². The Kier molecular flexibility index (Phi) is 5.96. The minimum Gasteiger partial charge on any atom is -0.458 e. The Morgan fingerprint density at radius 2 is 1.77 bits per heavy atom. The molecule has 0 saturated heterocycles. The summed E-state index contributed by atoms with van der Waals surface area (Å²) in [6.45, 7) is 0.160. The second-order valence-electron chi connectivity index (χ2n) is 5.51. The second-order valence-corrected chi connectivity index (χ2v) is 6.29. The molecule has 1 aromatic heterocycles. The fourth-order valence-corrected chi connectivity index (χ4v) is 2.84. The van der Waals surface area contributed by atoms with Crippen LogP contribution in [-0.2, 0) is 16.1 Å². The first-order valence-corrected chi connectivity index (χ1v) is 8.97. The molecule has 26 heavy (non-hydrogen) atoms. The molecule has 1 N–H and O–H groups in total. The number of amides is 1. The van der Waals surface area contributed by atoms with Crippen LogP contribution >= 0.6 is 11.3 Å². The molecular weight excluding hydrogens is 346 g/mol. The van der Waals surface area contributed by atoms with E-state index < -0.39 is 5.97 Å². The summed E-state index contributed by atoms with van der Waals surface area (Å²) in [5.41, 5.74) is 3.08. The van der Waals surface area contributed by atoms with Gasteiger partial charge in [0.1, 0.15) is 6.61 Å². The highest BCUT2D eigenvalue weighted by Crippen LogP contribution is 2.11. The largest absolute Gasteiger partial charge is 0.458 e. The smallest absolute Gasteiger partial charge is 0.331 e. The van der Waals surface area contributed by atoms with E-state index in [0.717, 1.165) is 16.8 Å². The highest BCUT2D eigenvalue weighted by atomic mass is 32.1. The number of esters is 1. The van der Waals surface area contributed by atoms with Gasteiger partial charge in [0.25, 0.3) is 5.91 Å². The van der Waals surface area contributed by atoms with Gasteiger partial charge in [-0.1, -0.05) is 30.3 Å². The third-order valence-electron chi connectivity index (χ3n) is 3.58. The highest BCUT2D eigenvalue weighted by Gasteiger charge is 2.06. The van der Waals surface area contributed by atoms with Gasteiger partial charge in [-0.05, 0) is 58.3 Å². The van der Waals surface area contributed by atoms with E-state index in [2.05, 4.69) is 5.32 Å². The number of ether oxygens (including phenoxy) is 1. The van der Waals surface area contributed by atoms with E-state index in [9.17, 15) is 9.59 Å². The molecule has 1 heterocycles. The second kappa shape index (κ2) is 8.78. The Morgan fingerprint density at radius 1 is 1.00 bits per heavy atom. The number of benzene rings is 2. The maximum absolute atomic E-state index is 12.2. The molecule has 0 fully saturated rings. The van der Waals surface area contributed by atoms with E-state index >= 15 is 0 Å². The molecule has 0 unspecified atom stereocenters. The van der Waals surface area contributed by atoms with Gasteiger partial charge >= 0.3 is 5.97 Å². The molecule has 0 bridgehead atoms. The number of thiophene rings is 1. The van der Waals surface area contributed by atoms with Gasteiger partial charge in [-0.3, -0.25) is 4.79 Å². The Balaban J connectivity index is 1.51. The first-order chi connectivity index (χ1) is 12.7. The molecule has 3 aromatic rings. The lowest BCUT2D eigenvalue weighted by atomic mass is 10.1. The zero-order valence-corrected chi connectivity index (χ0v) is 14.7. The summed E-state index contributed by atoms with van der Waals surface area (Å²) in [5, 5.41) is 6.72. The molecule has 0 aliphatic rings. The molecule has 0 aliphatic carbocycles. The lowest BCUT2D eigenvalue weighted by Gasteiger charge is -2.06. The molecule has 0 aliphatic heterocycles. The summed E-state index contributed by atoms with van der Waals surface area (Å²) in [6.07, 6.45) is 3.12. The van der Waals surface area contributed by atoms with Crippen molar-refractivity contribution in [3.8, 4) is 0 Å². The molecule has 130 valence electrons. The van der Waals surface area contributed by atoms with Crippen molar-refractivity contribution in [1.29, 1.82) is 0 Å². The van der Waals surface area contributed by atoms with Gasteiger partial charge in [-0.15, -0.1) is 0 Å². The fraction of sp³-hybridized carbons (Fsp3) is 0.0476. The van der Waals surface area contributed by atoms with Crippen molar-refractivity contribution < 1.29 is 14.3 Å². The monoisotopic (exact) mass is 363 g/mol. The first kappa shape index (κ1) is 17.6. The van der Waals surface area contributed by atoms with Gasteiger partial charge < -0.3 is 10.1 Å². The van der Waals surface area contributed by atoms with Crippen LogP contribution in [0.3, 0.4) is 0 Å². The third kappa shape index (κ3) is 5.16. The Hall–Kier alpha value is -3.18. The lowest BCUT2D eigenvalue weighted by molar-refractivity contribution is -0.138. The number of anilines is 1. The predicted octanol–water partition coefficient (Wildman–Crippen LogP) is 4.76. The molecule has 0 radical (unpaired) electrons. The van der Waals surface area contributed by atoms with Crippen LogP contribution in [0.25, 0.3) is 6.08 Å². The Bertz CT molecular complexity index is 885. The number of hydrogen-bond acceptors (Lipinski definition) is 4. The normalized spacial score (nSPS) is 10.6. The number of rotatable bonds is 6. The van der Waals surface area contributed by atoms with E-state index in [1.54, 1.807) is 41.7 Å². The lowest BCUT2D eigenvalue weighted by Crippen LogP contribution is -2.11. The van der Waals surface area contributed by atoms with Crippen molar-refractivity contribution in [1.82, 2.24) is 0 Å². The third-order valence-corrected chi connectivity index (χ3v) is 4.29. The van der Waals surface area contributed by atoms with Crippen molar-refractivity contribution in [2.75, 3.05) is 5.32 Å². The SMILES string of the molecule is O=C(/C=C/c1ccsc1)OCc1ccc(C(=O)Nc2ccccc2)cc1. The van der Waals surface area contributed by atoms with E-state index in [1.807, 2.05) is 47.2 Å². The van der Waals surface area contributed by atoms with Crippen molar-refractivity contribution in [2.24, 2.45) is 0 Å². The molecule has 0 atom stereocenters. The van der Waals surface area contributed by atoms with Crippen LogP contribution in [0.1, 0.15) is 21.5 Å². The van der Waals surface area contributed by atoms with Crippen molar-refractivity contribution >= 4 is 35.0 Å². The van der Waals surface area contributed by atoms with Gasteiger partial charge in [0.15, 0.2) is 0 Å². The summed E-state index contributed by atoms with van der Waals surface area (Å²) in [6, 6.07) is 18.2. The average molecular weight is 363 g/mol. The van der Waals surface area contributed by atoms with Gasteiger partial charge in [0, 0.05) is 17.3 Å². The van der Waals surface area contributed by atoms with Gasteiger partial charge in [0.2, 0.25) is 0 Å². The van der Waals surface area contributed by atoms with Crippen LogP contribution in [0, 0.1) is 0 Å². The van der Waals surface area contributed by atoms with Crippen LogP contribution in [0.4, 0.5) is 5.69 Å². The zero-order chi connectivity index (χ0) is 18.2. The van der Waals surface area contributed by atoms with Gasteiger partial charge in [-0.2, -0.15) is 11.3 Å². The van der Waals surface area contributed by atoms with Crippen LogP contribution in [0.5, 0.6) is 0 Å². The Morgan fingerprint density at radius 3 is 2.46 bits per heavy atom. The summed E-state index contributed by atoms with van der Waals surface area (Å²) < 4.78 is 5.20. The Labute approximate surface area is 155 Å². The molecule has 2 aromatic carbocycles. The standard InChI is InChI=1S/C21H17NO3S/c23-20(11-8-17-12-13-26-15-17)25-14-16-6-9-18(10-7-16)21(24)22-19-4-2-1-3-5-19/h1-13,15H,14H2,(H,22,24)/b11-8+. The molecule has 5 heteroatoms. The summed E-state index contributed by atoms with van der Waals surface area (Å²) >= 11 is 1.57. The van der Waals surface area contributed by atoms with E-state index in [0.29, 0.717) is 5.56 Å². The van der Waals surface area contributed by atoms with Crippen molar-refractivity contribution in [2.45, 2.75) is 6.61 Å².